The Balaban J connectivity index is 1.53. The predicted molar refractivity (Wildman–Crippen MR) is 131 cm³/mol. The summed E-state index contributed by atoms with van der Waals surface area (Å²) in [4.78, 5) is 25.9. The van der Waals surface area contributed by atoms with Crippen molar-refractivity contribution in [1.29, 1.82) is 0 Å². The number of rotatable bonds is 10. The van der Waals surface area contributed by atoms with E-state index in [9.17, 15) is 9.59 Å². The number of methoxy groups -OCH3 is 1. The Morgan fingerprint density at radius 2 is 1.75 bits per heavy atom. The summed E-state index contributed by atoms with van der Waals surface area (Å²) in [5.74, 6) is 3.07. The fourth-order valence-corrected chi connectivity index (χ4v) is 5.89. The van der Waals surface area contributed by atoms with Gasteiger partial charge in [-0.15, -0.1) is 0 Å². The van der Waals surface area contributed by atoms with Gasteiger partial charge in [-0.1, -0.05) is 31.4 Å². The summed E-state index contributed by atoms with van der Waals surface area (Å²) in [6, 6.07) is 7.34. The first-order valence-electron chi connectivity index (χ1n) is 12.1. The molecule has 2 aliphatic carbocycles. The maximum absolute atomic E-state index is 13.0. The highest BCUT2D eigenvalue weighted by atomic mass is 32.2. The van der Waals surface area contributed by atoms with E-state index in [-0.39, 0.29) is 23.8 Å². The number of thioether (sulfide) groups is 1. The molecule has 2 saturated carbocycles. The van der Waals surface area contributed by atoms with Crippen LogP contribution in [-0.2, 0) is 16.1 Å². The zero-order chi connectivity index (χ0) is 22.8. The highest BCUT2D eigenvalue weighted by Crippen LogP contribution is 2.27. The number of nitrogens with one attached hydrogen (secondary N) is 2. The number of nitrogens with two attached hydrogens (primary N) is 1. The van der Waals surface area contributed by atoms with Gasteiger partial charge in [0.05, 0.1) is 7.11 Å². The van der Waals surface area contributed by atoms with Gasteiger partial charge in [0, 0.05) is 24.3 Å². The minimum atomic E-state index is -0.509. The van der Waals surface area contributed by atoms with Crippen molar-refractivity contribution < 1.29 is 14.3 Å². The summed E-state index contributed by atoms with van der Waals surface area (Å²) in [6.07, 6.45) is 9.93. The minimum absolute atomic E-state index is 0.000219. The van der Waals surface area contributed by atoms with Gasteiger partial charge in [-0.05, 0) is 67.9 Å². The molecule has 2 fully saturated rings. The molecular formula is C25H39N3O3S. The lowest BCUT2D eigenvalue weighted by atomic mass is 9.86. The van der Waals surface area contributed by atoms with Crippen molar-refractivity contribution in [1.82, 2.24) is 10.6 Å². The summed E-state index contributed by atoms with van der Waals surface area (Å²) in [5.41, 5.74) is 6.99. The summed E-state index contributed by atoms with van der Waals surface area (Å²) in [7, 11) is 1.63. The molecule has 0 radical (unpaired) electrons. The van der Waals surface area contributed by atoms with Crippen LogP contribution in [0, 0.1) is 11.8 Å². The van der Waals surface area contributed by atoms with Gasteiger partial charge in [0.1, 0.15) is 11.8 Å². The Labute approximate surface area is 196 Å². The maximum atomic E-state index is 13.0. The quantitative estimate of drug-likeness (QED) is 0.495. The third-order valence-electron chi connectivity index (χ3n) is 6.76. The minimum Gasteiger partial charge on any atom is -0.497 e. The van der Waals surface area contributed by atoms with Crippen molar-refractivity contribution in [2.24, 2.45) is 17.6 Å². The van der Waals surface area contributed by atoms with Crippen LogP contribution in [0.2, 0.25) is 0 Å². The van der Waals surface area contributed by atoms with Crippen LogP contribution in [0.25, 0.3) is 0 Å². The average Bonchev–Trinajstić information content (AvgIpc) is 2.83. The van der Waals surface area contributed by atoms with Crippen molar-refractivity contribution in [3.05, 3.63) is 29.8 Å². The van der Waals surface area contributed by atoms with Crippen LogP contribution in [0.5, 0.6) is 5.75 Å². The van der Waals surface area contributed by atoms with Gasteiger partial charge in [-0.3, -0.25) is 9.59 Å². The number of benzene rings is 1. The molecule has 178 valence electrons. The van der Waals surface area contributed by atoms with Gasteiger partial charge in [0.2, 0.25) is 11.8 Å². The van der Waals surface area contributed by atoms with Crippen LogP contribution in [0.1, 0.15) is 63.4 Å². The Bertz CT molecular complexity index is 714. The highest BCUT2D eigenvalue weighted by molar-refractivity contribution is 7.99. The molecule has 0 aliphatic heterocycles. The molecule has 2 amide bonds. The lowest BCUT2D eigenvalue weighted by molar-refractivity contribution is -0.131. The third-order valence-corrected chi connectivity index (χ3v) is 8.04. The molecule has 1 aromatic rings. The standard InChI is InChI=1S/C25H39N3O3S/c1-31-22-13-7-18(8-14-22)15-27-25(30)23(17-32-16-19-5-3-2-4-6-19)28-24(29)20-9-11-21(26)12-10-20/h7-8,13-14,19-21,23H,2-6,9-12,15-17,26H2,1H3,(H,27,30)(H,28,29)/t20?,21?,23-/m0/s1. The monoisotopic (exact) mass is 461 g/mol. The molecule has 32 heavy (non-hydrogen) atoms. The molecule has 4 N–H and O–H groups in total. The van der Waals surface area contributed by atoms with Crippen molar-refractivity contribution >= 4 is 23.6 Å². The second kappa shape index (κ2) is 13.1. The van der Waals surface area contributed by atoms with Gasteiger partial charge in [0.25, 0.3) is 0 Å². The van der Waals surface area contributed by atoms with Crippen LogP contribution in [0.3, 0.4) is 0 Å². The summed E-state index contributed by atoms with van der Waals surface area (Å²) in [6.45, 7) is 0.431. The Morgan fingerprint density at radius 3 is 2.41 bits per heavy atom. The molecule has 1 aromatic carbocycles. The number of amides is 2. The molecule has 0 bridgehead atoms. The molecule has 6 nitrogen and oxygen atoms in total. The molecular weight excluding hydrogens is 422 g/mol. The molecule has 7 heteroatoms. The van der Waals surface area contributed by atoms with Crippen molar-refractivity contribution in [2.45, 2.75) is 76.4 Å². The van der Waals surface area contributed by atoms with Gasteiger partial charge in [0.15, 0.2) is 0 Å². The van der Waals surface area contributed by atoms with Gasteiger partial charge >= 0.3 is 0 Å². The largest absolute Gasteiger partial charge is 0.497 e. The van der Waals surface area contributed by atoms with Crippen LogP contribution in [-0.4, -0.2) is 42.5 Å². The smallest absolute Gasteiger partial charge is 0.243 e. The number of hydrogen-bond donors (Lipinski definition) is 3. The van der Waals surface area contributed by atoms with E-state index >= 15 is 0 Å². The van der Waals surface area contributed by atoms with Crippen molar-refractivity contribution in [3.63, 3.8) is 0 Å². The van der Waals surface area contributed by atoms with E-state index in [1.54, 1.807) is 18.9 Å². The Hall–Kier alpha value is -1.73. The fourth-order valence-electron chi connectivity index (χ4n) is 4.62. The van der Waals surface area contributed by atoms with Crippen molar-refractivity contribution in [3.8, 4) is 5.75 Å². The Kier molecular flexibility index (Phi) is 10.2. The van der Waals surface area contributed by atoms with Crippen molar-refractivity contribution in [2.75, 3.05) is 18.6 Å². The van der Waals surface area contributed by atoms with Gasteiger partial charge < -0.3 is 21.1 Å². The zero-order valence-corrected chi connectivity index (χ0v) is 20.1. The van der Waals surface area contributed by atoms with Crippen LogP contribution in [0.15, 0.2) is 24.3 Å². The first-order valence-corrected chi connectivity index (χ1v) is 13.2. The van der Waals surface area contributed by atoms with E-state index in [0.717, 1.165) is 48.7 Å². The molecule has 0 spiro atoms. The summed E-state index contributed by atoms with van der Waals surface area (Å²) >= 11 is 1.80. The molecule has 0 aromatic heterocycles. The Morgan fingerprint density at radius 1 is 1.06 bits per heavy atom. The number of hydrogen-bond acceptors (Lipinski definition) is 5. The number of carbonyl (C=O) groups excluding carboxylic acids is 2. The lowest BCUT2D eigenvalue weighted by Gasteiger charge is -2.27. The number of carbonyl (C=O) groups is 2. The normalized spacial score (nSPS) is 22.7. The second-order valence-electron chi connectivity index (χ2n) is 9.28. The SMILES string of the molecule is COc1ccc(CNC(=O)[C@H](CSCC2CCCCC2)NC(=O)C2CCC(N)CC2)cc1. The molecule has 0 unspecified atom stereocenters. The van der Waals surface area contributed by atoms with E-state index in [0.29, 0.717) is 12.3 Å². The first kappa shape index (κ1) is 24.9. The van der Waals surface area contributed by atoms with E-state index in [1.807, 2.05) is 24.3 Å². The first-order chi connectivity index (χ1) is 15.5. The molecule has 2 aliphatic rings. The van der Waals surface area contributed by atoms with E-state index in [2.05, 4.69) is 10.6 Å². The highest BCUT2D eigenvalue weighted by Gasteiger charge is 2.28. The van der Waals surface area contributed by atoms with E-state index < -0.39 is 6.04 Å². The van der Waals surface area contributed by atoms with Gasteiger partial charge in [-0.2, -0.15) is 11.8 Å². The average molecular weight is 462 g/mol. The predicted octanol–water partition coefficient (Wildman–Crippen LogP) is 3.63. The topological polar surface area (TPSA) is 93.5 Å². The van der Waals surface area contributed by atoms with E-state index in [4.69, 9.17) is 10.5 Å². The zero-order valence-electron chi connectivity index (χ0n) is 19.3. The van der Waals surface area contributed by atoms with Gasteiger partial charge in [-0.25, -0.2) is 0 Å². The summed E-state index contributed by atoms with van der Waals surface area (Å²) in [5, 5.41) is 6.07. The van der Waals surface area contributed by atoms with Crippen LogP contribution >= 0.6 is 11.8 Å². The fraction of sp³-hybridized carbons (Fsp3) is 0.680. The third kappa shape index (κ3) is 8.00. The lowest BCUT2D eigenvalue weighted by Crippen LogP contribution is -2.50. The second-order valence-corrected chi connectivity index (χ2v) is 10.4. The maximum Gasteiger partial charge on any atom is 0.243 e. The molecule has 3 rings (SSSR count). The summed E-state index contributed by atoms with van der Waals surface area (Å²) < 4.78 is 5.19. The number of ether oxygens (including phenoxy) is 1. The van der Waals surface area contributed by atoms with Crippen LogP contribution < -0.4 is 21.1 Å². The molecule has 0 heterocycles. The molecule has 0 saturated heterocycles. The van der Waals surface area contributed by atoms with E-state index in [1.165, 1.54) is 32.1 Å². The van der Waals surface area contributed by atoms with Crippen LogP contribution in [0.4, 0.5) is 0 Å². The molecule has 1 atom stereocenters.